The van der Waals surface area contributed by atoms with Crippen molar-refractivity contribution in [2.24, 2.45) is 0 Å². The highest BCUT2D eigenvalue weighted by Crippen LogP contribution is 2.36. The van der Waals surface area contributed by atoms with Crippen molar-refractivity contribution in [3.8, 4) is 11.3 Å². The summed E-state index contributed by atoms with van der Waals surface area (Å²) in [6.07, 6.45) is -1.28. The van der Waals surface area contributed by atoms with Gasteiger partial charge in [-0.3, -0.25) is 0 Å². The highest BCUT2D eigenvalue weighted by atomic mass is 35.5. The van der Waals surface area contributed by atoms with E-state index in [9.17, 15) is 13.2 Å². The normalized spacial score (nSPS) is 12.0. The molecule has 0 saturated carbocycles. The first-order chi connectivity index (χ1) is 9.45. The second kappa shape index (κ2) is 4.52. The Morgan fingerprint density at radius 3 is 2.50 bits per heavy atom. The predicted octanol–water partition coefficient (Wildman–Crippen LogP) is 4.67. The summed E-state index contributed by atoms with van der Waals surface area (Å²) in [5.41, 5.74) is 0.163. The van der Waals surface area contributed by atoms with Gasteiger partial charge in [0.15, 0.2) is 0 Å². The van der Waals surface area contributed by atoms with Crippen LogP contribution in [0.25, 0.3) is 16.9 Å². The smallest absolute Gasteiger partial charge is 0.305 e. The largest absolute Gasteiger partial charge is 0.417 e. The van der Waals surface area contributed by atoms with Gasteiger partial charge in [0.2, 0.25) is 0 Å². The van der Waals surface area contributed by atoms with Crippen molar-refractivity contribution in [3.63, 3.8) is 0 Å². The molecule has 6 heteroatoms. The lowest BCUT2D eigenvalue weighted by Gasteiger charge is -2.10. The Bertz CT molecular complexity index is 777. The minimum Gasteiger partial charge on any atom is -0.305 e. The van der Waals surface area contributed by atoms with Crippen LogP contribution in [0.5, 0.6) is 0 Å². The van der Waals surface area contributed by atoms with Crippen molar-refractivity contribution in [1.29, 1.82) is 0 Å². The van der Waals surface area contributed by atoms with Gasteiger partial charge in [-0.2, -0.15) is 13.2 Å². The summed E-state index contributed by atoms with van der Waals surface area (Å²) in [4.78, 5) is 4.20. The van der Waals surface area contributed by atoms with Crippen molar-refractivity contribution < 1.29 is 13.2 Å². The molecule has 2 nitrogen and oxygen atoms in total. The topological polar surface area (TPSA) is 17.3 Å². The summed E-state index contributed by atoms with van der Waals surface area (Å²) in [5, 5.41) is 0.491. The Kier molecular flexibility index (Phi) is 2.94. The lowest BCUT2D eigenvalue weighted by molar-refractivity contribution is -0.137. The van der Waals surface area contributed by atoms with E-state index in [4.69, 9.17) is 11.6 Å². The van der Waals surface area contributed by atoms with Gasteiger partial charge in [-0.05, 0) is 18.2 Å². The molecule has 0 N–H and O–H groups in total. The molecule has 2 heterocycles. The van der Waals surface area contributed by atoms with E-state index in [1.807, 2.05) is 0 Å². The number of halogens is 4. The fourth-order valence-electron chi connectivity index (χ4n) is 2.05. The Hall–Kier alpha value is -2.01. The first-order valence-corrected chi connectivity index (χ1v) is 6.14. The molecule has 0 amide bonds. The number of benzene rings is 1. The van der Waals surface area contributed by atoms with Crippen molar-refractivity contribution in [2.45, 2.75) is 6.18 Å². The maximum Gasteiger partial charge on any atom is 0.417 e. The van der Waals surface area contributed by atoms with Crippen LogP contribution in [0.4, 0.5) is 13.2 Å². The average Bonchev–Trinajstić information content (AvgIpc) is 2.80. The molecule has 102 valence electrons. The number of hydrogen-bond donors (Lipinski definition) is 0. The van der Waals surface area contributed by atoms with Gasteiger partial charge in [-0.25, -0.2) is 4.98 Å². The molecule has 2 aromatic heterocycles. The van der Waals surface area contributed by atoms with E-state index >= 15 is 0 Å². The minimum absolute atomic E-state index is 0.0554. The third-order valence-corrected chi connectivity index (χ3v) is 3.15. The highest BCUT2D eigenvalue weighted by Gasteiger charge is 2.33. The zero-order chi connectivity index (χ0) is 14.3. The number of alkyl halides is 3. The fraction of sp³-hybridized carbons (Fsp3) is 0.0714. The van der Waals surface area contributed by atoms with E-state index in [1.165, 1.54) is 18.3 Å². The van der Waals surface area contributed by atoms with Crippen molar-refractivity contribution in [1.82, 2.24) is 9.38 Å². The van der Waals surface area contributed by atoms with Crippen LogP contribution in [0.3, 0.4) is 0 Å². The summed E-state index contributed by atoms with van der Waals surface area (Å²) in [6, 6.07) is 8.67. The molecule has 0 aliphatic heterocycles. The van der Waals surface area contributed by atoms with E-state index in [2.05, 4.69) is 4.98 Å². The number of hydrogen-bond acceptors (Lipinski definition) is 1. The average molecular weight is 297 g/mol. The highest BCUT2D eigenvalue weighted by molar-refractivity contribution is 6.30. The molecule has 0 atom stereocenters. The van der Waals surface area contributed by atoms with Crippen LogP contribution in [-0.4, -0.2) is 9.38 Å². The van der Waals surface area contributed by atoms with Crippen molar-refractivity contribution in [3.05, 3.63) is 59.4 Å². The fourth-order valence-corrected chi connectivity index (χ4v) is 2.22. The van der Waals surface area contributed by atoms with E-state index in [-0.39, 0.29) is 11.3 Å². The zero-order valence-electron chi connectivity index (χ0n) is 10.0. The quantitative estimate of drug-likeness (QED) is 0.637. The summed E-state index contributed by atoms with van der Waals surface area (Å²) < 4.78 is 40.6. The Morgan fingerprint density at radius 2 is 1.75 bits per heavy atom. The molecule has 0 aliphatic rings. The molecule has 0 bridgehead atoms. The SMILES string of the molecule is FC(F)(F)c1ccccc1-c1cn2cc(Cl)ccc2n1. The molecule has 0 unspecified atom stereocenters. The Labute approximate surface area is 117 Å². The molecule has 3 aromatic rings. The molecule has 0 aliphatic carbocycles. The van der Waals surface area contributed by atoms with E-state index in [0.29, 0.717) is 10.7 Å². The zero-order valence-corrected chi connectivity index (χ0v) is 10.8. The Balaban J connectivity index is 2.21. The number of imidazole rings is 1. The Morgan fingerprint density at radius 1 is 1.00 bits per heavy atom. The molecule has 0 spiro atoms. The van der Waals surface area contributed by atoms with Gasteiger partial charge in [0.05, 0.1) is 16.3 Å². The third kappa shape index (κ3) is 2.25. The van der Waals surface area contributed by atoms with Crippen LogP contribution in [0.1, 0.15) is 5.56 Å². The lowest BCUT2D eigenvalue weighted by Crippen LogP contribution is -2.06. The van der Waals surface area contributed by atoms with E-state index in [0.717, 1.165) is 6.07 Å². The number of pyridine rings is 1. The number of nitrogens with zero attached hydrogens (tertiary/aromatic N) is 2. The van der Waals surface area contributed by atoms with Crippen LogP contribution < -0.4 is 0 Å². The van der Waals surface area contributed by atoms with Crippen LogP contribution in [-0.2, 0) is 6.18 Å². The maximum atomic E-state index is 13.0. The number of rotatable bonds is 1. The first-order valence-electron chi connectivity index (χ1n) is 5.76. The molecule has 0 radical (unpaired) electrons. The van der Waals surface area contributed by atoms with Gasteiger partial charge in [-0.1, -0.05) is 29.8 Å². The lowest BCUT2D eigenvalue weighted by atomic mass is 10.1. The summed E-state index contributed by atoms with van der Waals surface area (Å²) in [6.45, 7) is 0. The summed E-state index contributed by atoms with van der Waals surface area (Å²) in [7, 11) is 0. The van der Waals surface area contributed by atoms with Gasteiger partial charge in [0.25, 0.3) is 0 Å². The third-order valence-electron chi connectivity index (χ3n) is 2.92. The predicted molar refractivity (Wildman–Crippen MR) is 70.6 cm³/mol. The minimum atomic E-state index is -4.41. The van der Waals surface area contributed by atoms with Crippen LogP contribution >= 0.6 is 11.6 Å². The number of fused-ring (bicyclic) bond motifs is 1. The summed E-state index contributed by atoms with van der Waals surface area (Å²) in [5.74, 6) is 0. The summed E-state index contributed by atoms with van der Waals surface area (Å²) >= 11 is 5.85. The standard InChI is InChI=1S/C14H8ClF3N2/c15-9-5-6-13-19-12(8-20(13)7-9)10-3-1-2-4-11(10)14(16,17)18/h1-8H. The maximum absolute atomic E-state index is 13.0. The van der Waals surface area contributed by atoms with E-state index < -0.39 is 11.7 Å². The molecule has 0 saturated heterocycles. The van der Waals surface area contributed by atoms with Gasteiger partial charge >= 0.3 is 6.18 Å². The van der Waals surface area contributed by atoms with Gasteiger partial charge in [0.1, 0.15) is 5.65 Å². The molecular formula is C14H8ClF3N2. The van der Waals surface area contributed by atoms with E-state index in [1.54, 1.807) is 28.8 Å². The van der Waals surface area contributed by atoms with Crippen LogP contribution in [0, 0.1) is 0 Å². The second-order valence-electron chi connectivity index (χ2n) is 4.28. The van der Waals surface area contributed by atoms with Gasteiger partial charge in [-0.15, -0.1) is 0 Å². The van der Waals surface area contributed by atoms with Crippen molar-refractivity contribution in [2.75, 3.05) is 0 Å². The first kappa shape index (κ1) is 13.0. The molecular weight excluding hydrogens is 289 g/mol. The van der Waals surface area contributed by atoms with Crippen LogP contribution in [0.15, 0.2) is 48.8 Å². The molecule has 0 fully saturated rings. The number of aromatic nitrogens is 2. The molecule has 3 rings (SSSR count). The van der Waals surface area contributed by atoms with Crippen LogP contribution in [0.2, 0.25) is 5.02 Å². The molecule has 20 heavy (non-hydrogen) atoms. The van der Waals surface area contributed by atoms with Crippen molar-refractivity contribution >= 4 is 17.2 Å². The van der Waals surface area contributed by atoms with Gasteiger partial charge < -0.3 is 4.40 Å². The second-order valence-corrected chi connectivity index (χ2v) is 4.72. The molecule has 1 aromatic carbocycles. The van der Waals surface area contributed by atoms with Gasteiger partial charge in [0, 0.05) is 18.0 Å². The monoisotopic (exact) mass is 296 g/mol.